The van der Waals surface area contributed by atoms with Crippen molar-refractivity contribution in [2.24, 2.45) is 0 Å². The van der Waals surface area contributed by atoms with Crippen molar-refractivity contribution in [2.75, 3.05) is 16.4 Å². The van der Waals surface area contributed by atoms with E-state index in [0.29, 0.717) is 22.0 Å². The first kappa shape index (κ1) is 19.9. The fourth-order valence-electron chi connectivity index (χ4n) is 2.37. The van der Waals surface area contributed by atoms with E-state index in [-0.39, 0.29) is 17.6 Å². The van der Waals surface area contributed by atoms with Gasteiger partial charge in [-0.2, -0.15) is 0 Å². The van der Waals surface area contributed by atoms with Crippen molar-refractivity contribution in [3.63, 3.8) is 0 Å². The van der Waals surface area contributed by atoms with E-state index in [1.807, 2.05) is 6.07 Å². The molecular weight excluding hydrogens is 399 g/mol. The van der Waals surface area contributed by atoms with Crippen molar-refractivity contribution < 1.29 is 14.0 Å². The molecule has 0 aliphatic rings. The number of nitrogens with one attached hydrogen (secondary N) is 2. The number of hydrogen-bond acceptors (Lipinski definition) is 3. The third kappa shape index (κ3) is 5.58. The summed E-state index contributed by atoms with van der Waals surface area (Å²) in [5.41, 5.74) is 1.51. The fraction of sp³-hybridized carbons (Fsp3) is 0.0476. The Bertz CT molecular complexity index is 996. The molecule has 0 spiro atoms. The molecule has 0 saturated heterocycles. The van der Waals surface area contributed by atoms with Crippen LogP contribution in [0.2, 0.25) is 5.02 Å². The first-order chi connectivity index (χ1) is 13.5. The van der Waals surface area contributed by atoms with Gasteiger partial charge in [0, 0.05) is 16.1 Å². The summed E-state index contributed by atoms with van der Waals surface area (Å²) in [5, 5.41) is 6.00. The smallest absolute Gasteiger partial charge is 0.255 e. The Kier molecular flexibility index (Phi) is 6.68. The number of carbonyl (C=O) groups excluding carboxylic acids is 2. The Hall–Kier alpha value is -2.83. The lowest BCUT2D eigenvalue weighted by atomic mass is 10.2. The molecule has 3 aromatic rings. The molecule has 3 rings (SSSR count). The third-order valence-corrected chi connectivity index (χ3v) is 5.04. The predicted octanol–water partition coefficient (Wildman–Crippen LogP) is 5.46. The highest BCUT2D eigenvalue weighted by atomic mass is 35.5. The SMILES string of the molecule is O=C(CSc1cccc(NC(=O)c2ccc(F)cc2)c1)Nc1ccccc1Cl. The lowest BCUT2D eigenvalue weighted by Crippen LogP contribution is -2.14. The van der Waals surface area contributed by atoms with Crippen LogP contribution in [0.5, 0.6) is 0 Å². The molecule has 0 aliphatic carbocycles. The van der Waals surface area contributed by atoms with E-state index in [9.17, 15) is 14.0 Å². The second-order valence-corrected chi connectivity index (χ2v) is 7.26. The maximum atomic E-state index is 13.0. The zero-order chi connectivity index (χ0) is 19.9. The van der Waals surface area contributed by atoms with Crippen molar-refractivity contribution >= 4 is 46.6 Å². The Morgan fingerprint density at radius 2 is 1.68 bits per heavy atom. The van der Waals surface area contributed by atoms with Crippen LogP contribution in [0.15, 0.2) is 77.7 Å². The topological polar surface area (TPSA) is 58.2 Å². The van der Waals surface area contributed by atoms with Crippen LogP contribution in [0.4, 0.5) is 15.8 Å². The van der Waals surface area contributed by atoms with Gasteiger partial charge in [-0.1, -0.05) is 29.8 Å². The van der Waals surface area contributed by atoms with Crippen molar-refractivity contribution in [1.82, 2.24) is 0 Å². The van der Waals surface area contributed by atoms with Crippen molar-refractivity contribution in [1.29, 1.82) is 0 Å². The summed E-state index contributed by atoms with van der Waals surface area (Å²) in [6.45, 7) is 0. The van der Waals surface area contributed by atoms with Crippen LogP contribution in [-0.4, -0.2) is 17.6 Å². The van der Waals surface area contributed by atoms with Gasteiger partial charge in [0.2, 0.25) is 5.91 Å². The number of para-hydroxylation sites is 1. The molecule has 7 heteroatoms. The molecule has 28 heavy (non-hydrogen) atoms. The summed E-state index contributed by atoms with van der Waals surface area (Å²) in [4.78, 5) is 25.2. The highest BCUT2D eigenvalue weighted by Crippen LogP contribution is 2.24. The summed E-state index contributed by atoms with van der Waals surface area (Å²) in [6, 6.07) is 19.5. The lowest BCUT2D eigenvalue weighted by Gasteiger charge is -2.09. The van der Waals surface area contributed by atoms with Crippen molar-refractivity contribution in [3.8, 4) is 0 Å². The van der Waals surface area contributed by atoms with E-state index in [1.165, 1.54) is 36.0 Å². The molecule has 0 bridgehead atoms. The molecule has 142 valence electrons. The molecule has 0 aliphatic heterocycles. The number of halogens is 2. The van der Waals surface area contributed by atoms with Crippen LogP contribution in [0.25, 0.3) is 0 Å². The van der Waals surface area contributed by atoms with Crippen LogP contribution in [0.3, 0.4) is 0 Å². The zero-order valence-corrected chi connectivity index (χ0v) is 16.2. The molecule has 2 N–H and O–H groups in total. The van der Waals surface area contributed by atoms with E-state index in [1.54, 1.807) is 42.5 Å². The van der Waals surface area contributed by atoms with Gasteiger partial charge in [-0.05, 0) is 54.6 Å². The van der Waals surface area contributed by atoms with Crippen LogP contribution >= 0.6 is 23.4 Å². The second-order valence-electron chi connectivity index (χ2n) is 5.81. The molecule has 4 nitrogen and oxygen atoms in total. The molecule has 0 atom stereocenters. The molecule has 0 radical (unpaired) electrons. The molecule has 0 aromatic heterocycles. The van der Waals surface area contributed by atoms with Gasteiger partial charge in [0.05, 0.1) is 16.5 Å². The molecule has 2 amide bonds. The van der Waals surface area contributed by atoms with Gasteiger partial charge in [-0.3, -0.25) is 9.59 Å². The lowest BCUT2D eigenvalue weighted by molar-refractivity contribution is -0.113. The monoisotopic (exact) mass is 414 g/mol. The number of carbonyl (C=O) groups is 2. The maximum absolute atomic E-state index is 13.0. The summed E-state index contributed by atoms with van der Waals surface area (Å²) in [5.74, 6) is -0.719. The van der Waals surface area contributed by atoms with Gasteiger partial charge in [-0.15, -0.1) is 11.8 Å². The zero-order valence-electron chi connectivity index (χ0n) is 14.6. The van der Waals surface area contributed by atoms with E-state index >= 15 is 0 Å². The molecule has 0 fully saturated rings. The minimum Gasteiger partial charge on any atom is -0.324 e. The molecular formula is C21H16ClFN2O2S. The van der Waals surface area contributed by atoms with E-state index in [0.717, 1.165) is 4.90 Å². The van der Waals surface area contributed by atoms with Gasteiger partial charge < -0.3 is 10.6 Å². The standard InChI is InChI=1S/C21H16ClFN2O2S/c22-18-6-1-2-7-19(18)25-20(26)13-28-17-5-3-4-16(12-17)24-21(27)14-8-10-15(23)11-9-14/h1-12H,13H2,(H,24,27)(H,25,26). The number of rotatable bonds is 6. The molecule has 0 saturated carbocycles. The Balaban J connectivity index is 1.57. The predicted molar refractivity (Wildman–Crippen MR) is 112 cm³/mol. The van der Waals surface area contributed by atoms with Crippen molar-refractivity contribution in [2.45, 2.75) is 4.90 Å². The third-order valence-electron chi connectivity index (χ3n) is 3.72. The van der Waals surface area contributed by atoms with Crippen LogP contribution < -0.4 is 10.6 Å². The average molecular weight is 415 g/mol. The summed E-state index contributed by atoms with van der Waals surface area (Å²) >= 11 is 7.37. The highest BCUT2D eigenvalue weighted by Gasteiger charge is 2.09. The summed E-state index contributed by atoms with van der Waals surface area (Å²) in [6.07, 6.45) is 0. The minimum atomic E-state index is -0.398. The van der Waals surface area contributed by atoms with E-state index in [4.69, 9.17) is 11.6 Å². The normalized spacial score (nSPS) is 10.4. The second kappa shape index (κ2) is 9.39. The van der Waals surface area contributed by atoms with Crippen LogP contribution in [-0.2, 0) is 4.79 Å². The van der Waals surface area contributed by atoms with Gasteiger partial charge in [-0.25, -0.2) is 4.39 Å². The van der Waals surface area contributed by atoms with Gasteiger partial charge >= 0.3 is 0 Å². The van der Waals surface area contributed by atoms with Gasteiger partial charge in [0.25, 0.3) is 5.91 Å². The highest BCUT2D eigenvalue weighted by molar-refractivity contribution is 8.00. The van der Waals surface area contributed by atoms with Crippen molar-refractivity contribution in [3.05, 3.63) is 89.2 Å². The van der Waals surface area contributed by atoms with E-state index in [2.05, 4.69) is 10.6 Å². The number of amides is 2. The Morgan fingerprint density at radius 1 is 0.929 bits per heavy atom. The minimum absolute atomic E-state index is 0.182. The number of thioether (sulfide) groups is 1. The van der Waals surface area contributed by atoms with Gasteiger partial charge in [0.1, 0.15) is 5.82 Å². The number of benzene rings is 3. The number of anilines is 2. The molecule has 0 unspecified atom stereocenters. The van der Waals surface area contributed by atoms with Crippen LogP contribution in [0.1, 0.15) is 10.4 Å². The first-order valence-corrected chi connectivity index (χ1v) is 9.72. The fourth-order valence-corrected chi connectivity index (χ4v) is 3.30. The van der Waals surface area contributed by atoms with Crippen LogP contribution in [0, 0.1) is 5.82 Å². The Morgan fingerprint density at radius 3 is 2.43 bits per heavy atom. The largest absolute Gasteiger partial charge is 0.324 e. The quantitative estimate of drug-likeness (QED) is 0.526. The molecule has 3 aromatic carbocycles. The average Bonchev–Trinajstić information content (AvgIpc) is 2.69. The van der Waals surface area contributed by atoms with Gasteiger partial charge in [0.15, 0.2) is 0 Å². The summed E-state index contributed by atoms with van der Waals surface area (Å²) in [7, 11) is 0. The first-order valence-electron chi connectivity index (χ1n) is 8.35. The summed E-state index contributed by atoms with van der Waals surface area (Å²) < 4.78 is 13.0. The Labute approximate surface area is 171 Å². The maximum Gasteiger partial charge on any atom is 0.255 e. The number of hydrogen-bond donors (Lipinski definition) is 2. The van der Waals surface area contributed by atoms with E-state index < -0.39 is 5.82 Å². The molecule has 0 heterocycles.